The molecule has 63 heavy (non-hydrogen) atoms. The Morgan fingerprint density at radius 1 is 0.270 bits per heavy atom. The van der Waals surface area contributed by atoms with E-state index < -0.39 is 0 Å². The summed E-state index contributed by atoms with van der Waals surface area (Å²) < 4.78 is 2.35. The molecule has 2 nitrogen and oxygen atoms in total. The molecule has 11 aromatic carbocycles. The molecule has 0 N–H and O–H groups in total. The van der Waals surface area contributed by atoms with Crippen LogP contribution < -0.4 is 0 Å². The molecule has 290 valence electrons. The van der Waals surface area contributed by atoms with Crippen molar-refractivity contribution < 1.29 is 0 Å². The molecule has 14 rings (SSSR count). The highest BCUT2D eigenvalue weighted by atomic mass is 15.0. The Morgan fingerprint density at radius 3 is 1.43 bits per heavy atom. The van der Waals surface area contributed by atoms with Crippen LogP contribution in [-0.2, 0) is 0 Å². The molecule has 0 amide bonds. The number of nitrogens with zero attached hydrogens (tertiary/aromatic N) is 2. The molecule has 13 aromatic rings. The summed E-state index contributed by atoms with van der Waals surface area (Å²) in [6.45, 7) is 0. The van der Waals surface area contributed by atoms with Gasteiger partial charge in [0, 0.05) is 28.0 Å². The number of aromatic nitrogens is 2. The molecular weight excluding hydrogens is 761 g/mol. The van der Waals surface area contributed by atoms with Gasteiger partial charge in [0.15, 0.2) is 0 Å². The van der Waals surface area contributed by atoms with Crippen LogP contribution in [0.2, 0.25) is 0 Å². The molecule has 0 saturated carbocycles. The van der Waals surface area contributed by atoms with E-state index in [2.05, 4.69) is 217 Å². The third kappa shape index (κ3) is 4.75. The average Bonchev–Trinajstić information content (AvgIpc) is 3.87. The van der Waals surface area contributed by atoms with Crippen molar-refractivity contribution in [2.75, 3.05) is 0 Å². The summed E-state index contributed by atoms with van der Waals surface area (Å²) in [5.74, 6) is 0. The van der Waals surface area contributed by atoms with Crippen LogP contribution in [0.4, 0.5) is 0 Å². The third-order valence-corrected chi connectivity index (χ3v) is 13.8. The molecule has 0 unspecified atom stereocenters. The Hall–Kier alpha value is -8.33. The van der Waals surface area contributed by atoms with Gasteiger partial charge in [-0.1, -0.05) is 182 Å². The summed E-state index contributed by atoms with van der Waals surface area (Å²) in [5, 5.41) is 15.2. The summed E-state index contributed by atoms with van der Waals surface area (Å²) in [4.78, 5) is 5.05. The van der Waals surface area contributed by atoms with E-state index in [1.165, 1.54) is 115 Å². The second-order valence-electron chi connectivity index (χ2n) is 16.9. The smallest absolute Gasteiger partial charge is 0.145 e. The summed E-state index contributed by atoms with van der Waals surface area (Å²) >= 11 is 0. The van der Waals surface area contributed by atoms with Gasteiger partial charge in [-0.2, -0.15) is 0 Å². The minimum absolute atomic E-state index is 0.962. The SMILES string of the molecule is c1ccc(-c2c3c(c(-c4ccccc4)c4ccccc24)-c2ccc(-c4ccc(-n5c6ccc7c8ccccc8c8ccccc8c7c6c6cccnc65)cc4)c4cccc-3c24)cc1. The molecule has 2 heterocycles. The monoisotopic (exact) mass is 796 g/mol. The van der Waals surface area contributed by atoms with Crippen LogP contribution >= 0.6 is 0 Å². The number of benzene rings is 11. The Bertz CT molecular complexity index is 3920. The zero-order chi connectivity index (χ0) is 41.2. The lowest BCUT2D eigenvalue weighted by Crippen LogP contribution is -1.95. The fourth-order valence-electron chi connectivity index (χ4n) is 11.2. The fourth-order valence-corrected chi connectivity index (χ4v) is 11.2. The summed E-state index contributed by atoms with van der Waals surface area (Å²) in [7, 11) is 0. The van der Waals surface area contributed by atoms with Gasteiger partial charge < -0.3 is 0 Å². The first-order valence-electron chi connectivity index (χ1n) is 21.8. The third-order valence-electron chi connectivity index (χ3n) is 13.8. The maximum atomic E-state index is 5.05. The lowest BCUT2D eigenvalue weighted by atomic mass is 9.82. The topological polar surface area (TPSA) is 17.8 Å². The van der Waals surface area contributed by atoms with Gasteiger partial charge in [-0.15, -0.1) is 0 Å². The lowest BCUT2D eigenvalue weighted by molar-refractivity contribution is 1.14. The molecular formula is C61H36N2. The summed E-state index contributed by atoms with van der Waals surface area (Å²) in [5.41, 5.74) is 15.9. The molecule has 0 aliphatic heterocycles. The van der Waals surface area contributed by atoms with Crippen molar-refractivity contribution in [3.05, 3.63) is 219 Å². The lowest BCUT2D eigenvalue weighted by Gasteiger charge is -2.20. The standard InChI is InChI=1S/C61H36N2/c1-3-15-38(16-4-1)54-47-23-11-12-24-48(47)55(39-17-5-2-6-18-39)60-51-33-32-41(45-25-13-26-50(56(45)51)59(54)60)37-28-30-40(31-29-37)63-53-35-34-49-44-21-8-7-19-42(44)43-20-9-10-22-46(43)57(49)58(53)52-27-14-36-62-61(52)63/h1-36H. The van der Waals surface area contributed by atoms with Crippen molar-refractivity contribution in [2.45, 2.75) is 0 Å². The quantitative estimate of drug-likeness (QED) is 0.162. The molecule has 1 aliphatic carbocycles. The van der Waals surface area contributed by atoms with Crippen LogP contribution in [0.3, 0.4) is 0 Å². The normalized spacial score (nSPS) is 12.1. The van der Waals surface area contributed by atoms with Gasteiger partial charge in [0.1, 0.15) is 5.65 Å². The van der Waals surface area contributed by atoms with E-state index in [0.717, 1.165) is 22.2 Å². The molecule has 0 atom stereocenters. The van der Waals surface area contributed by atoms with Crippen LogP contribution in [-0.4, -0.2) is 9.55 Å². The molecule has 2 heteroatoms. The van der Waals surface area contributed by atoms with E-state index in [0.29, 0.717) is 0 Å². The van der Waals surface area contributed by atoms with E-state index >= 15 is 0 Å². The van der Waals surface area contributed by atoms with Crippen LogP contribution in [0.25, 0.3) is 137 Å². The Kier molecular flexibility index (Phi) is 7.14. The highest BCUT2D eigenvalue weighted by molar-refractivity contribution is 6.35. The van der Waals surface area contributed by atoms with E-state index in [-0.39, 0.29) is 0 Å². The second kappa shape index (κ2) is 13.1. The molecule has 0 spiro atoms. The number of pyridine rings is 1. The van der Waals surface area contributed by atoms with E-state index in [1.54, 1.807) is 0 Å². The number of hydrogen-bond donors (Lipinski definition) is 0. The fraction of sp³-hybridized carbons (Fsp3) is 0. The molecule has 0 bridgehead atoms. The molecule has 0 fully saturated rings. The zero-order valence-corrected chi connectivity index (χ0v) is 34.2. The van der Waals surface area contributed by atoms with Crippen LogP contribution in [0, 0.1) is 0 Å². The predicted molar refractivity (Wildman–Crippen MR) is 267 cm³/mol. The van der Waals surface area contributed by atoms with E-state index in [1.807, 2.05) is 6.20 Å². The maximum absolute atomic E-state index is 5.05. The largest absolute Gasteiger partial charge is 0.294 e. The summed E-state index contributed by atoms with van der Waals surface area (Å²) in [6, 6.07) is 78.3. The highest BCUT2D eigenvalue weighted by Crippen LogP contribution is 2.58. The molecule has 0 radical (unpaired) electrons. The van der Waals surface area contributed by atoms with E-state index in [4.69, 9.17) is 4.98 Å². The highest BCUT2D eigenvalue weighted by Gasteiger charge is 2.31. The Morgan fingerprint density at radius 2 is 0.778 bits per heavy atom. The zero-order valence-electron chi connectivity index (χ0n) is 34.2. The first-order valence-corrected chi connectivity index (χ1v) is 21.8. The molecule has 1 aliphatic rings. The predicted octanol–water partition coefficient (Wildman–Crippen LogP) is 16.6. The van der Waals surface area contributed by atoms with Crippen molar-refractivity contribution in [3.63, 3.8) is 0 Å². The minimum Gasteiger partial charge on any atom is -0.294 e. The summed E-state index contributed by atoms with van der Waals surface area (Å²) in [6.07, 6.45) is 1.92. The molecule has 0 saturated heterocycles. The van der Waals surface area contributed by atoms with Gasteiger partial charge in [0.05, 0.1) is 5.52 Å². The second-order valence-corrected chi connectivity index (χ2v) is 16.9. The Balaban J connectivity index is 0.980. The Labute approximate surface area is 363 Å². The minimum atomic E-state index is 0.962. The van der Waals surface area contributed by atoms with Gasteiger partial charge in [-0.3, -0.25) is 4.57 Å². The van der Waals surface area contributed by atoms with Crippen molar-refractivity contribution in [1.82, 2.24) is 9.55 Å². The number of rotatable bonds is 4. The van der Waals surface area contributed by atoms with Gasteiger partial charge >= 0.3 is 0 Å². The first kappa shape index (κ1) is 34.4. The van der Waals surface area contributed by atoms with Crippen LogP contribution in [0.15, 0.2) is 219 Å². The average molecular weight is 797 g/mol. The van der Waals surface area contributed by atoms with Gasteiger partial charge in [-0.05, 0) is 134 Å². The van der Waals surface area contributed by atoms with Crippen molar-refractivity contribution in [3.8, 4) is 61.3 Å². The number of fused-ring (bicyclic) bond motifs is 14. The van der Waals surface area contributed by atoms with Crippen LogP contribution in [0.1, 0.15) is 0 Å². The van der Waals surface area contributed by atoms with E-state index in [9.17, 15) is 0 Å². The first-order chi connectivity index (χ1) is 31.3. The van der Waals surface area contributed by atoms with Crippen molar-refractivity contribution in [1.29, 1.82) is 0 Å². The van der Waals surface area contributed by atoms with Crippen molar-refractivity contribution >= 4 is 75.8 Å². The number of hydrogen-bond acceptors (Lipinski definition) is 1. The maximum Gasteiger partial charge on any atom is 0.145 e. The van der Waals surface area contributed by atoms with Gasteiger partial charge in [0.25, 0.3) is 0 Å². The molecule has 2 aromatic heterocycles. The van der Waals surface area contributed by atoms with Gasteiger partial charge in [0.2, 0.25) is 0 Å². The van der Waals surface area contributed by atoms with Crippen LogP contribution in [0.5, 0.6) is 0 Å². The van der Waals surface area contributed by atoms with Crippen molar-refractivity contribution in [2.24, 2.45) is 0 Å². The van der Waals surface area contributed by atoms with Gasteiger partial charge in [-0.25, -0.2) is 4.98 Å².